The van der Waals surface area contributed by atoms with Crippen LogP contribution >= 0.6 is 15.9 Å². The molecule has 0 N–H and O–H groups in total. The monoisotopic (exact) mass is 342 g/mol. The van der Waals surface area contributed by atoms with Gasteiger partial charge in [0, 0.05) is 5.33 Å². The molecule has 0 unspecified atom stereocenters. The average molecular weight is 343 g/mol. The molecule has 0 amide bonds. The Balaban J connectivity index is 3.09. The second-order valence-corrected chi connectivity index (χ2v) is 6.45. The highest BCUT2D eigenvalue weighted by Crippen LogP contribution is 2.11. The van der Waals surface area contributed by atoms with Crippen LogP contribution in [0.4, 0.5) is 0 Å². The number of hydrogen-bond donors (Lipinski definition) is 0. The van der Waals surface area contributed by atoms with Gasteiger partial charge in [-0.3, -0.25) is 0 Å². The van der Waals surface area contributed by atoms with Crippen LogP contribution in [0.5, 0.6) is 0 Å². The zero-order chi connectivity index (χ0) is 14.7. The van der Waals surface area contributed by atoms with Crippen molar-refractivity contribution in [2.75, 3.05) is 5.33 Å². The van der Waals surface area contributed by atoms with E-state index in [1.54, 1.807) is 0 Å². The highest BCUT2D eigenvalue weighted by molar-refractivity contribution is 9.09. The second kappa shape index (κ2) is 19.0. The number of hydrogen-bond acceptors (Lipinski definition) is 0. The van der Waals surface area contributed by atoms with E-state index in [0.717, 1.165) is 5.33 Å². The predicted octanol–water partition coefficient (Wildman–Crippen LogP) is 7.58. The number of unbranched alkanes of at least 4 members (excludes halogenated alkanes) is 11. The fourth-order valence-electron chi connectivity index (χ4n) is 2.29. The summed E-state index contributed by atoms with van der Waals surface area (Å²) >= 11 is 3.44. The van der Waals surface area contributed by atoms with Crippen LogP contribution in [0.1, 0.15) is 90.4 Å². The summed E-state index contributed by atoms with van der Waals surface area (Å²) in [6, 6.07) is 0. The standard InChI is InChI=1S/C19H35Br/c1-2-3-4-5-6-7-8-9-10-11-12-13-14-15-16-17-18-19-20/h13-16H,2-12,17-19H2,1H3. The van der Waals surface area contributed by atoms with Crippen LogP contribution < -0.4 is 0 Å². The molecule has 0 aliphatic carbocycles. The maximum Gasteiger partial charge on any atom is 0.00342 e. The van der Waals surface area contributed by atoms with E-state index >= 15 is 0 Å². The van der Waals surface area contributed by atoms with E-state index in [-0.39, 0.29) is 0 Å². The summed E-state index contributed by atoms with van der Waals surface area (Å²) in [4.78, 5) is 0. The summed E-state index contributed by atoms with van der Waals surface area (Å²) in [7, 11) is 0. The molecule has 0 saturated carbocycles. The SMILES string of the molecule is CCCCCCCCCCCCC=CC=CCCCBr. The summed E-state index contributed by atoms with van der Waals surface area (Å²) in [5.41, 5.74) is 0. The van der Waals surface area contributed by atoms with E-state index in [1.807, 2.05) is 0 Å². The molecule has 0 atom stereocenters. The van der Waals surface area contributed by atoms with Gasteiger partial charge < -0.3 is 0 Å². The lowest BCUT2D eigenvalue weighted by atomic mass is 10.1. The van der Waals surface area contributed by atoms with Gasteiger partial charge in [0.25, 0.3) is 0 Å². The first-order chi connectivity index (χ1) is 9.91. The first kappa shape index (κ1) is 20.0. The van der Waals surface area contributed by atoms with Crippen LogP contribution in [-0.2, 0) is 0 Å². The van der Waals surface area contributed by atoms with Crippen molar-refractivity contribution in [3.63, 3.8) is 0 Å². The summed E-state index contributed by atoms with van der Waals surface area (Å²) in [6.07, 6.45) is 26.9. The van der Waals surface area contributed by atoms with E-state index in [2.05, 4.69) is 47.2 Å². The Kier molecular flexibility index (Phi) is 18.9. The van der Waals surface area contributed by atoms with Gasteiger partial charge >= 0.3 is 0 Å². The van der Waals surface area contributed by atoms with Gasteiger partial charge in [-0.25, -0.2) is 0 Å². The van der Waals surface area contributed by atoms with Crippen molar-refractivity contribution < 1.29 is 0 Å². The Morgan fingerprint density at radius 1 is 0.600 bits per heavy atom. The van der Waals surface area contributed by atoms with Gasteiger partial charge in [0.05, 0.1) is 0 Å². The Hall–Kier alpha value is -0.0400. The zero-order valence-electron chi connectivity index (χ0n) is 13.6. The molecule has 0 rings (SSSR count). The minimum absolute atomic E-state index is 1.11. The zero-order valence-corrected chi connectivity index (χ0v) is 15.2. The van der Waals surface area contributed by atoms with Gasteiger partial charge in [-0.2, -0.15) is 0 Å². The second-order valence-electron chi connectivity index (χ2n) is 5.66. The van der Waals surface area contributed by atoms with Gasteiger partial charge in [0.1, 0.15) is 0 Å². The minimum atomic E-state index is 1.11. The topological polar surface area (TPSA) is 0 Å². The highest BCUT2D eigenvalue weighted by Gasteiger charge is 1.91. The molecule has 20 heavy (non-hydrogen) atoms. The number of alkyl halides is 1. The van der Waals surface area contributed by atoms with E-state index in [1.165, 1.54) is 83.5 Å². The Morgan fingerprint density at radius 2 is 1.05 bits per heavy atom. The van der Waals surface area contributed by atoms with Crippen molar-refractivity contribution in [1.29, 1.82) is 0 Å². The van der Waals surface area contributed by atoms with Gasteiger partial charge in [-0.15, -0.1) is 0 Å². The predicted molar refractivity (Wildman–Crippen MR) is 97.8 cm³/mol. The summed E-state index contributed by atoms with van der Waals surface area (Å²) in [5.74, 6) is 0. The molecule has 0 aromatic rings. The lowest BCUT2D eigenvalue weighted by Gasteiger charge is -2.01. The van der Waals surface area contributed by atoms with Gasteiger partial charge in [0.15, 0.2) is 0 Å². The molecule has 0 nitrogen and oxygen atoms in total. The molecular weight excluding hydrogens is 308 g/mol. The van der Waals surface area contributed by atoms with Crippen molar-refractivity contribution in [3.8, 4) is 0 Å². The Bertz CT molecular complexity index is 218. The molecule has 0 aromatic heterocycles. The molecule has 1 heteroatoms. The third-order valence-corrected chi connectivity index (χ3v) is 4.17. The van der Waals surface area contributed by atoms with Crippen molar-refractivity contribution in [1.82, 2.24) is 0 Å². The van der Waals surface area contributed by atoms with Crippen molar-refractivity contribution in [2.45, 2.75) is 90.4 Å². The third kappa shape index (κ3) is 18.0. The number of halogens is 1. The van der Waals surface area contributed by atoms with Crippen LogP contribution in [0.3, 0.4) is 0 Å². The van der Waals surface area contributed by atoms with E-state index in [0.29, 0.717) is 0 Å². The highest BCUT2D eigenvalue weighted by atomic mass is 79.9. The fourth-order valence-corrected chi connectivity index (χ4v) is 2.62. The summed E-state index contributed by atoms with van der Waals surface area (Å²) < 4.78 is 0. The molecule has 0 saturated heterocycles. The van der Waals surface area contributed by atoms with E-state index < -0.39 is 0 Å². The summed E-state index contributed by atoms with van der Waals surface area (Å²) in [5, 5.41) is 1.11. The molecule has 118 valence electrons. The lowest BCUT2D eigenvalue weighted by Crippen LogP contribution is -1.81. The fraction of sp³-hybridized carbons (Fsp3) is 0.789. The Labute approximate surface area is 136 Å². The molecule has 0 bridgehead atoms. The molecule has 0 heterocycles. The summed E-state index contributed by atoms with van der Waals surface area (Å²) in [6.45, 7) is 2.29. The van der Waals surface area contributed by atoms with E-state index in [9.17, 15) is 0 Å². The quantitative estimate of drug-likeness (QED) is 0.163. The van der Waals surface area contributed by atoms with Crippen LogP contribution in [0.25, 0.3) is 0 Å². The normalized spacial score (nSPS) is 11.9. The number of rotatable bonds is 15. The minimum Gasteiger partial charge on any atom is -0.0928 e. The maximum absolute atomic E-state index is 3.44. The molecule has 0 radical (unpaired) electrons. The molecule has 0 aromatic carbocycles. The van der Waals surface area contributed by atoms with Gasteiger partial charge in [-0.05, 0) is 25.7 Å². The first-order valence-corrected chi connectivity index (χ1v) is 9.91. The van der Waals surface area contributed by atoms with Gasteiger partial charge in [-0.1, -0.05) is 105 Å². The first-order valence-electron chi connectivity index (χ1n) is 8.79. The van der Waals surface area contributed by atoms with Crippen molar-refractivity contribution in [2.24, 2.45) is 0 Å². The lowest BCUT2D eigenvalue weighted by molar-refractivity contribution is 0.557. The molecule has 0 aliphatic heterocycles. The molecular formula is C19H35Br. The molecule has 0 aliphatic rings. The Morgan fingerprint density at radius 3 is 1.55 bits per heavy atom. The number of allylic oxidation sites excluding steroid dienone is 4. The van der Waals surface area contributed by atoms with E-state index in [4.69, 9.17) is 0 Å². The third-order valence-electron chi connectivity index (χ3n) is 3.61. The van der Waals surface area contributed by atoms with Crippen molar-refractivity contribution in [3.05, 3.63) is 24.3 Å². The van der Waals surface area contributed by atoms with Gasteiger partial charge in [0.2, 0.25) is 0 Å². The van der Waals surface area contributed by atoms with Crippen LogP contribution in [0.2, 0.25) is 0 Å². The molecule has 0 fully saturated rings. The van der Waals surface area contributed by atoms with Crippen molar-refractivity contribution >= 4 is 15.9 Å². The van der Waals surface area contributed by atoms with Crippen LogP contribution in [0, 0.1) is 0 Å². The largest absolute Gasteiger partial charge is 0.0928 e. The van der Waals surface area contributed by atoms with Crippen LogP contribution in [-0.4, -0.2) is 5.33 Å². The maximum atomic E-state index is 3.44. The van der Waals surface area contributed by atoms with Crippen LogP contribution in [0.15, 0.2) is 24.3 Å². The average Bonchev–Trinajstić information content (AvgIpc) is 2.47. The molecule has 0 spiro atoms. The smallest absolute Gasteiger partial charge is 0.00342 e.